The van der Waals surface area contributed by atoms with Crippen LogP contribution in [-0.4, -0.2) is 37.0 Å². The van der Waals surface area contributed by atoms with Gasteiger partial charge in [0.25, 0.3) is 0 Å². The van der Waals surface area contributed by atoms with Crippen LogP contribution in [0.5, 0.6) is 0 Å². The lowest BCUT2D eigenvalue weighted by atomic mass is 10.2. The van der Waals surface area contributed by atoms with Crippen LogP contribution in [0.3, 0.4) is 0 Å². The summed E-state index contributed by atoms with van der Waals surface area (Å²) in [5, 5.41) is 17.1. The molecule has 0 atom stereocenters. The van der Waals surface area contributed by atoms with Gasteiger partial charge in [-0.15, -0.1) is 10.2 Å². The van der Waals surface area contributed by atoms with Crippen LogP contribution in [0.15, 0.2) is 36.8 Å². The molecule has 4 rings (SSSR count). The van der Waals surface area contributed by atoms with Crippen LogP contribution in [0.25, 0.3) is 11.0 Å². The van der Waals surface area contributed by atoms with Crippen LogP contribution in [0.2, 0.25) is 0 Å². The highest BCUT2D eigenvalue weighted by Gasteiger charge is 2.09. The van der Waals surface area contributed by atoms with Crippen LogP contribution in [0.4, 0.5) is 22.3 Å². The first-order chi connectivity index (χ1) is 12.1. The third-order valence-corrected chi connectivity index (χ3v) is 4.50. The number of hydrogen-bond donors (Lipinski definition) is 1. The summed E-state index contributed by atoms with van der Waals surface area (Å²) in [4.78, 5) is 11.2. The fraction of sp³-hybridized carbons (Fsp3) is 0.188. The zero-order valence-electron chi connectivity index (χ0n) is 14.0. The largest absolute Gasteiger partial charge is 0.341 e. The molecule has 0 fully saturated rings. The summed E-state index contributed by atoms with van der Waals surface area (Å²) in [6, 6.07) is 5.83. The molecule has 0 spiro atoms. The molecule has 4 heterocycles. The van der Waals surface area contributed by atoms with Gasteiger partial charge in [-0.25, -0.2) is 4.98 Å². The van der Waals surface area contributed by atoms with Crippen LogP contribution in [-0.2, 0) is 7.05 Å². The molecule has 0 bridgehead atoms. The Balaban J connectivity index is 1.66. The van der Waals surface area contributed by atoms with Crippen molar-refractivity contribution >= 4 is 44.7 Å². The topological polar surface area (TPSA) is 84.7 Å². The lowest BCUT2D eigenvalue weighted by Crippen LogP contribution is -2.09. The van der Waals surface area contributed by atoms with Gasteiger partial charge < -0.3 is 10.2 Å². The van der Waals surface area contributed by atoms with Gasteiger partial charge in [-0.2, -0.15) is 5.10 Å². The highest BCUT2D eigenvalue weighted by molar-refractivity contribution is 7.15. The van der Waals surface area contributed by atoms with E-state index in [1.807, 2.05) is 62.7 Å². The molecule has 0 aliphatic carbocycles. The Bertz CT molecular complexity index is 1040. The van der Waals surface area contributed by atoms with Crippen molar-refractivity contribution in [1.29, 1.82) is 0 Å². The van der Waals surface area contributed by atoms with Crippen molar-refractivity contribution in [3.05, 3.63) is 41.8 Å². The summed E-state index contributed by atoms with van der Waals surface area (Å²) in [6.07, 6.45) is 5.60. The summed E-state index contributed by atoms with van der Waals surface area (Å²) in [5.41, 5.74) is 3.57. The van der Waals surface area contributed by atoms with Crippen molar-refractivity contribution in [1.82, 2.24) is 29.9 Å². The third-order valence-electron chi connectivity index (χ3n) is 3.75. The van der Waals surface area contributed by atoms with Crippen LogP contribution in [0, 0.1) is 6.92 Å². The predicted molar refractivity (Wildman–Crippen MR) is 98.7 cm³/mol. The molecule has 4 aromatic heterocycles. The maximum Gasteiger partial charge on any atom is 0.211 e. The molecule has 0 saturated carbocycles. The zero-order chi connectivity index (χ0) is 17.4. The Morgan fingerprint density at radius 1 is 1.12 bits per heavy atom. The normalized spacial score (nSPS) is 11.0. The van der Waals surface area contributed by atoms with Crippen LogP contribution < -0.4 is 10.2 Å². The number of fused-ring (bicyclic) bond motifs is 1. The van der Waals surface area contributed by atoms with E-state index in [0.29, 0.717) is 5.82 Å². The smallest absolute Gasteiger partial charge is 0.211 e. The van der Waals surface area contributed by atoms with Gasteiger partial charge in [-0.3, -0.25) is 9.67 Å². The second kappa shape index (κ2) is 6.10. The van der Waals surface area contributed by atoms with Crippen molar-refractivity contribution in [2.45, 2.75) is 6.92 Å². The lowest BCUT2D eigenvalue weighted by Gasteiger charge is -2.17. The third kappa shape index (κ3) is 3.13. The van der Waals surface area contributed by atoms with Crippen LogP contribution >= 0.6 is 11.3 Å². The molecule has 126 valence electrons. The summed E-state index contributed by atoms with van der Waals surface area (Å²) in [6.45, 7) is 1.92. The molecule has 0 aliphatic heterocycles. The Morgan fingerprint density at radius 2 is 2.00 bits per heavy atom. The number of nitrogens with one attached hydrogen (secondary N) is 1. The van der Waals surface area contributed by atoms with Gasteiger partial charge in [0.1, 0.15) is 10.8 Å². The van der Waals surface area contributed by atoms with Gasteiger partial charge in [0.2, 0.25) is 5.13 Å². The second-order valence-corrected chi connectivity index (χ2v) is 6.79. The van der Waals surface area contributed by atoms with Crippen molar-refractivity contribution < 1.29 is 0 Å². The van der Waals surface area contributed by atoms with Crippen molar-refractivity contribution in [3.8, 4) is 0 Å². The molecular weight excluding hydrogens is 336 g/mol. The molecule has 0 aromatic carbocycles. The van der Waals surface area contributed by atoms with Crippen molar-refractivity contribution in [2.75, 3.05) is 17.3 Å². The Hall–Kier alpha value is -3.07. The van der Waals surface area contributed by atoms with E-state index in [9.17, 15) is 0 Å². The van der Waals surface area contributed by atoms with E-state index in [2.05, 4.69) is 30.6 Å². The maximum absolute atomic E-state index is 4.64. The van der Waals surface area contributed by atoms with Gasteiger partial charge >= 0.3 is 0 Å². The molecule has 1 N–H and O–H groups in total. The summed E-state index contributed by atoms with van der Waals surface area (Å²) in [5.74, 6) is 0.714. The predicted octanol–water partition coefficient (Wildman–Crippen LogP) is 3.03. The molecule has 8 nitrogen and oxygen atoms in total. The fourth-order valence-corrected chi connectivity index (χ4v) is 3.03. The first-order valence-corrected chi connectivity index (χ1v) is 8.46. The minimum atomic E-state index is 0.714. The molecule has 0 saturated heterocycles. The van der Waals surface area contributed by atoms with Gasteiger partial charge in [-0.05, 0) is 25.1 Å². The number of rotatable bonds is 4. The quantitative estimate of drug-likeness (QED) is 0.604. The first-order valence-electron chi connectivity index (χ1n) is 7.65. The number of anilines is 4. The van der Waals surface area contributed by atoms with Gasteiger partial charge in [0, 0.05) is 20.3 Å². The fourth-order valence-electron chi connectivity index (χ4n) is 2.44. The minimum absolute atomic E-state index is 0.714. The number of hydrogen-bond acceptors (Lipinski definition) is 8. The van der Waals surface area contributed by atoms with Crippen molar-refractivity contribution in [2.24, 2.45) is 7.05 Å². The van der Waals surface area contributed by atoms with E-state index in [1.54, 1.807) is 4.68 Å². The minimum Gasteiger partial charge on any atom is -0.341 e. The van der Waals surface area contributed by atoms with Crippen molar-refractivity contribution in [3.63, 3.8) is 0 Å². The Morgan fingerprint density at radius 3 is 2.72 bits per heavy atom. The van der Waals surface area contributed by atoms with Gasteiger partial charge in [0.15, 0.2) is 0 Å². The van der Waals surface area contributed by atoms with E-state index in [-0.39, 0.29) is 0 Å². The maximum atomic E-state index is 4.64. The number of aromatic nitrogens is 6. The summed E-state index contributed by atoms with van der Waals surface area (Å²) in [7, 11) is 3.87. The molecular formula is C16H16N8S. The van der Waals surface area contributed by atoms with E-state index >= 15 is 0 Å². The first kappa shape index (κ1) is 15.5. The number of pyridine rings is 2. The summed E-state index contributed by atoms with van der Waals surface area (Å²) < 4.78 is 1.77. The Labute approximate surface area is 148 Å². The second-order valence-electron chi connectivity index (χ2n) is 5.61. The van der Waals surface area contributed by atoms with Gasteiger partial charge in [0.05, 0.1) is 34.8 Å². The number of aryl methyl sites for hydroxylation is 2. The average Bonchev–Trinajstić information content (AvgIpc) is 3.22. The van der Waals surface area contributed by atoms with Crippen LogP contribution in [0.1, 0.15) is 5.01 Å². The molecule has 0 unspecified atom stereocenters. The molecule has 0 aliphatic rings. The summed E-state index contributed by atoms with van der Waals surface area (Å²) >= 11 is 1.49. The lowest BCUT2D eigenvalue weighted by molar-refractivity contribution is 0.767. The monoisotopic (exact) mass is 352 g/mol. The van der Waals surface area contributed by atoms with Gasteiger partial charge in [-0.1, -0.05) is 11.3 Å². The Kier molecular flexibility index (Phi) is 3.77. The molecule has 4 aromatic rings. The van der Waals surface area contributed by atoms with E-state index in [0.717, 1.165) is 32.5 Å². The highest BCUT2D eigenvalue weighted by Crippen LogP contribution is 2.26. The van der Waals surface area contributed by atoms with E-state index in [4.69, 9.17) is 0 Å². The SMILES string of the molecule is Cc1nnc(Nc2ccc3ncc(N(C)c4cnn(C)c4)cc3n2)s1. The molecule has 9 heteroatoms. The molecule has 0 radical (unpaired) electrons. The molecule has 25 heavy (non-hydrogen) atoms. The highest BCUT2D eigenvalue weighted by atomic mass is 32.1. The average molecular weight is 352 g/mol. The van der Waals surface area contributed by atoms with E-state index < -0.39 is 0 Å². The standard InChI is InChI=1S/C16H16N8S/c1-10-21-22-16(25-10)20-15-5-4-13-14(19-15)6-11(7-17-13)24(3)12-8-18-23(2)9-12/h4-9H,1-3H3,(H,19,20,22). The zero-order valence-corrected chi connectivity index (χ0v) is 14.8. The van der Waals surface area contributed by atoms with E-state index in [1.165, 1.54) is 11.3 Å². The molecule has 0 amide bonds. The number of nitrogens with zero attached hydrogens (tertiary/aromatic N) is 7.